The number of halogens is 4. The van der Waals surface area contributed by atoms with E-state index in [1.807, 2.05) is 6.92 Å². The first-order valence-corrected chi connectivity index (χ1v) is 12.6. The molecular formula is C26H20ClF3N8O2. The van der Waals surface area contributed by atoms with E-state index in [-0.39, 0.29) is 22.2 Å². The lowest BCUT2D eigenvalue weighted by Gasteiger charge is -2.23. The number of ether oxygens (including phenoxy) is 1. The molecule has 40 heavy (non-hydrogen) atoms. The largest absolute Gasteiger partial charge is 0.434 e. The molecule has 14 heteroatoms. The Kier molecular flexibility index (Phi) is 6.27. The van der Waals surface area contributed by atoms with E-state index < -0.39 is 28.9 Å². The second kappa shape index (κ2) is 9.68. The number of benzene rings is 1. The molecular weight excluding hydrogens is 549 g/mol. The van der Waals surface area contributed by atoms with Crippen LogP contribution in [0.2, 0.25) is 5.02 Å². The van der Waals surface area contributed by atoms with E-state index in [1.54, 1.807) is 24.3 Å². The van der Waals surface area contributed by atoms with Crippen LogP contribution in [0, 0.1) is 0 Å². The summed E-state index contributed by atoms with van der Waals surface area (Å²) in [6.07, 6.45) is 1.77. The van der Waals surface area contributed by atoms with Gasteiger partial charge in [0, 0.05) is 12.0 Å². The Morgan fingerprint density at radius 2 is 1.93 bits per heavy atom. The number of nitrogens with one attached hydrogen (secondary N) is 1. The van der Waals surface area contributed by atoms with E-state index in [4.69, 9.17) is 16.3 Å². The molecule has 6 rings (SSSR count). The standard InChI is InChI=1S/C26H20ClF3N8O2/c1-25(8-3-11-40-25)21-7-6-16-19(36-21)4-2-5-20(16)37-22(26(28,29)30)17(14-34-37)24(39)35-15-12-18(27)23(31-13-15)38-32-9-10-33-38/h2,4-7,9-10,12-14H,3,8,11H2,1H3,(H,35,39)/t25-/m0/s1. The topological polar surface area (TPSA) is 113 Å². The van der Waals surface area contributed by atoms with Gasteiger partial charge in [-0.3, -0.25) is 4.79 Å². The minimum atomic E-state index is -4.91. The molecule has 5 aromatic rings. The molecule has 1 atom stereocenters. The van der Waals surface area contributed by atoms with E-state index in [1.165, 1.54) is 35.5 Å². The fourth-order valence-electron chi connectivity index (χ4n) is 4.74. The summed E-state index contributed by atoms with van der Waals surface area (Å²) in [6, 6.07) is 9.59. The molecule has 0 aliphatic carbocycles. The second-order valence-electron chi connectivity index (χ2n) is 9.34. The lowest BCUT2D eigenvalue weighted by Crippen LogP contribution is -2.22. The molecule has 1 fully saturated rings. The Morgan fingerprint density at radius 1 is 1.12 bits per heavy atom. The van der Waals surface area contributed by atoms with Gasteiger partial charge < -0.3 is 10.1 Å². The van der Waals surface area contributed by atoms with E-state index in [0.717, 1.165) is 19.0 Å². The monoisotopic (exact) mass is 568 g/mol. The van der Waals surface area contributed by atoms with Crippen LogP contribution in [0.5, 0.6) is 0 Å². The molecule has 0 bridgehead atoms. The normalized spacial score (nSPS) is 17.4. The Balaban J connectivity index is 1.36. The van der Waals surface area contributed by atoms with Gasteiger partial charge in [-0.1, -0.05) is 17.7 Å². The highest BCUT2D eigenvalue weighted by Gasteiger charge is 2.41. The number of carbonyl (C=O) groups excluding carboxylic acids is 1. The SMILES string of the molecule is C[C@@]1(c2ccc3c(-n4ncc(C(=O)Nc5cnc(-n6nccn6)c(Cl)c5)c4C(F)(F)F)cccc3n2)CCCO1. The smallest absolute Gasteiger partial charge is 0.369 e. The highest BCUT2D eigenvalue weighted by molar-refractivity contribution is 6.32. The van der Waals surface area contributed by atoms with Crippen LogP contribution in [0.4, 0.5) is 18.9 Å². The number of hydrogen-bond acceptors (Lipinski definition) is 7. The van der Waals surface area contributed by atoms with Gasteiger partial charge in [0.2, 0.25) is 0 Å². The third-order valence-electron chi connectivity index (χ3n) is 6.67. The molecule has 1 saturated heterocycles. The van der Waals surface area contributed by atoms with Crippen LogP contribution >= 0.6 is 11.6 Å². The molecule has 10 nitrogen and oxygen atoms in total. The molecule has 1 amide bonds. The summed E-state index contributed by atoms with van der Waals surface area (Å²) in [6.45, 7) is 2.57. The van der Waals surface area contributed by atoms with Crippen LogP contribution in [-0.2, 0) is 16.5 Å². The number of anilines is 1. The van der Waals surface area contributed by atoms with Gasteiger partial charge in [-0.25, -0.2) is 14.6 Å². The van der Waals surface area contributed by atoms with Crippen LogP contribution in [0.25, 0.3) is 22.4 Å². The first-order valence-electron chi connectivity index (χ1n) is 12.2. The van der Waals surface area contributed by atoms with E-state index in [2.05, 4.69) is 30.6 Å². The van der Waals surface area contributed by atoms with Crippen LogP contribution in [0.1, 0.15) is 41.5 Å². The predicted molar refractivity (Wildman–Crippen MR) is 139 cm³/mol. The molecule has 0 unspecified atom stereocenters. The molecule has 1 aliphatic rings. The number of carbonyl (C=O) groups is 1. The van der Waals surface area contributed by atoms with Gasteiger partial charge in [0.05, 0.1) is 58.0 Å². The molecule has 0 spiro atoms. The minimum Gasteiger partial charge on any atom is -0.369 e. The summed E-state index contributed by atoms with van der Waals surface area (Å²) in [5, 5.41) is 14.8. The van der Waals surface area contributed by atoms with Crippen molar-refractivity contribution in [1.29, 1.82) is 0 Å². The van der Waals surface area contributed by atoms with E-state index >= 15 is 0 Å². The van der Waals surface area contributed by atoms with Crippen LogP contribution < -0.4 is 5.32 Å². The van der Waals surface area contributed by atoms with Gasteiger partial charge in [-0.05, 0) is 50.1 Å². The summed E-state index contributed by atoms with van der Waals surface area (Å²) in [7, 11) is 0. The van der Waals surface area contributed by atoms with Gasteiger partial charge in [0.15, 0.2) is 11.5 Å². The van der Waals surface area contributed by atoms with Crippen molar-refractivity contribution in [3.63, 3.8) is 0 Å². The van der Waals surface area contributed by atoms with Crippen molar-refractivity contribution >= 4 is 34.1 Å². The fourth-order valence-corrected chi connectivity index (χ4v) is 4.98. The van der Waals surface area contributed by atoms with Crippen molar-refractivity contribution in [3.05, 3.63) is 83.2 Å². The van der Waals surface area contributed by atoms with Crippen molar-refractivity contribution in [1.82, 2.24) is 34.7 Å². The van der Waals surface area contributed by atoms with Gasteiger partial charge in [-0.2, -0.15) is 28.5 Å². The summed E-state index contributed by atoms with van der Waals surface area (Å²) >= 11 is 6.23. The van der Waals surface area contributed by atoms with Gasteiger partial charge in [0.1, 0.15) is 5.60 Å². The van der Waals surface area contributed by atoms with E-state index in [0.29, 0.717) is 27.9 Å². The van der Waals surface area contributed by atoms with Crippen molar-refractivity contribution in [2.45, 2.75) is 31.5 Å². The van der Waals surface area contributed by atoms with Gasteiger partial charge in [-0.15, -0.1) is 4.80 Å². The maximum atomic E-state index is 14.4. The minimum absolute atomic E-state index is 0.0799. The molecule has 0 saturated carbocycles. The maximum absolute atomic E-state index is 14.4. The zero-order chi connectivity index (χ0) is 28.1. The molecule has 4 aromatic heterocycles. The quantitative estimate of drug-likeness (QED) is 0.304. The van der Waals surface area contributed by atoms with Crippen molar-refractivity contribution < 1.29 is 22.7 Å². The number of fused-ring (bicyclic) bond motifs is 1. The Labute approximate surface area is 229 Å². The average Bonchev–Trinajstić information content (AvgIpc) is 3.69. The lowest BCUT2D eigenvalue weighted by molar-refractivity contribution is -0.143. The Hall–Kier alpha value is -4.36. The number of pyridine rings is 2. The molecule has 1 aliphatic heterocycles. The summed E-state index contributed by atoms with van der Waals surface area (Å²) in [5.41, 5.74) is -1.07. The highest BCUT2D eigenvalue weighted by atomic mass is 35.5. The number of alkyl halides is 3. The predicted octanol–water partition coefficient (Wildman–Crippen LogP) is 5.35. The Bertz CT molecular complexity index is 1730. The molecule has 5 heterocycles. The van der Waals surface area contributed by atoms with Crippen molar-refractivity contribution in [2.24, 2.45) is 0 Å². The molecule has 0 radical (unpaired) electrons. The number of amides is 1. The van der Waals surface area contributed by atoms with Crippen LogP contribution in [0.15, 0.2) is 61.2 Å². The first-order chi connectivity index (χ1) is 19.1. The zero-order valence-electron chi connectivity index (χ0n) is 20.9. The number of nitrogens with zero attached hydrogens (tertiary/aromatic N) is 7. The fraction of sp³-hybridized carbons (Fsp3) is 0.231. The van der Waals surface area contributed by atoms with Crippen LogP contribution in [-0.4, -0.2) is 47.3 Å². The van der Waals surface area contributed by atoms with Crippen molar-refractivity contribution in [2.75, 3.05) is 11.9 Å². The maximum Gasteiger partial charge on any atom is 0.434 e. The van der Waals surface area contributed by atoms with Crippen LogP contribution in [0.3, 0.4) is 0 Å². The highest BCUT2D eigenvalue weighted by Crippen LogP contribution is 2.38. The summed E-state index contributed by atoms with van der Waals surface area (Å²) in [4.78, 5) is 23.0. The first kappa shape index (κ1) is 25.9. The number of aromatic nitrogens is 7. The molecule has 204 valence electrons. The third-order valence-corrected chi connectivity index (χ3v) is 6.95. The van der Waals surface area contributed by atoms with Gasteiger partial charge >= 0.3 is 6.18 Å². The third kappa shape index (κ3) is 4.56. The molecule has 1 N–H and O–H groups in total. The number of hydrogen-bond donors (Lipinski definition) is 1. The van der Waals surface area contributed by atoms with Gasteiger partial charge in [0.25, 0.3) is 5.91 Å². The zero-order valence-corrected chi connectivity index (χ0v) is 21.6. The second-order valence-corrected chi connectivity index (χ2v) is 9.75. The summed E-state index contributed by atoms with van der Waals surface area (Å²) in [5.74, 6) is -0.844. The Morgan fingerprint density at radius 3 is 2.62 bits per heavy atom. The van der Waals surface area contributed by atoms with Crippen molar-refractivity contribution in [3.8, 4) is 11.5 Å². The average molecular weight is 569 g/mol. The molecule has 1 aromatic carbocycles. The summed E-state index contributed by atoms with van der Waals surface area (Å²) < 4.78 is 49.8. The van der Waals surface area contributed by atoms with E-state index in [9.17, 15) is 18.0 Å². The lowest BCUT2D eigenvalue weighted by atomic mass is 9.97. The number of rotatable bonds is 5.